The molecular weight excluding hydrogens is 436 g/mol. The lowest BCUT2D eigenvalue weighted by atomic mass is 9.73. The lowest BCUT2D eigenvalue weighted by Crippen LogP contribution is -2.59. The number of amides is 2. The van der Waals surface area contributed by atoms with Crippen molar-refractivity contribution in [2.24, 2.45) is 11.8 Å². The number of carbonyl (C=O) groups excluding carboxylic acids is 3. The molecular formula is C26H36N2O6. The summed E-state index contributed by atoms with van der Waals surface area (Å²) >= 11 is 0. The average molecular weight is 473 g/mol. The van der Waals surface area contributed by atoms with E-state index in [0.29, 0.717) is 19.4 Å². The summed E-state index contributed by atoms with van der Waals surface area (Å²) in [6.45, 7) is 4.11. The molecule has 3 fully saturated rings. The highest BCUT2D eigenvalue weighted by atomic mass is 16.6. The summed E-state index contributed by atoms with van der Waals surface area (Å²) in [6.07, 6.45) is 14.0. The van der Waals surface area contributed by atoms with Gasteiger partial charge < -0.3 is 24.4 Å². The van der Waals surface area contributed by atoms with Crippen molar-refractivity contribution in [3.05, 3.63) is 24.3 Å². The van der Waals surface area contributed by atoms with Crippen molar-refractivity contribution in [1.82, 2.24) is 9.80 Å². The Morgan fingerprint density at radius 1 is 1.09 bits per heavy atom. The molecule has 0 aromatic carbocycles. The number of aliphatic hydroxyl groups is 1. The van der Waals surface area contributed by atoms with Crippen molar-refractivity contribution < 1.29 is 29.0 Å². The summed E-state index contributed by atoms with van der Waals surface area (Å²) in [6, 6.07) is -1.38. The van der Waals surface area contributed by atoms with E-state index < -0.39 is 41.1 Å². The molecule has 34 heavy (non-hydrogen) atoms. The molecule has 5 aliphatic rings. The predicted molar refractivity (Wildman–Crippen MR) is 123 cm³/mol. The summed E-state index contributed by atoms with van der Waals surface area (Å²) in [5, 5.41) is 10.0. The van der Waals surface area contributed by atoms with Crippen LogP contribution in [0.4, 0.5) is 0 Å². The van der Waals surface area contributed by atoms with E-state index in [4.69, 9.17) is 9.47 Å². The van der Waals surface area contributed by atoms with E-state index in [1.165, 1.54) is 11.3 Å². The van der Waals surface area contributed by atoms with Gasteiger partial charge in [-0.25, -0.2) is 0 Å². The van der Waals surface area contributed by atoms with Gasteiger partial charge in [0.25, 0.3) is 0 Å². The van der Waals surface area contributed by atoms with Crippen LogP contribution < -0.4 is 0 Å². The zero-order valence-electron chi connectivity index (χ0n) is 20.2. The maximum Gasteiger partial charge on any atom is 0.313 e. The Morgan fingerprint density at radius 3 is 2.56 bits per heavy atom. The Hall–Kier alpha value is -2.19. The normalized spacial score (nSPS) is 39.1. The second-order valence-electron chi connectivity index (χ2n) is 10.4. The smallest absolute Gasteiger partial charge is 0.313 e. The van der Waals surface area contributed by atoms with Crippen LogP contribution >= 0.6 is 0 Å². The first-order valence-corrected chi connectivity index (χ1v) is 12.9. The molecule has 8 nitrogen and oxygen atoms in total. The molecule has 4 heterocycles. The van der Waals surface area contributed by atoms with Gasteiger partial charge in [-0.1, -0.05) is 50.5 Å². The molecule has 1 unspecified atom stereocenters. The van der Waals surface area contributed by atoms with Gasteiger partial charge in [-0.15, -0.1) is 0 Å². The molecule has 8 heteroatoms. The Bertz CT molecular complexity index is 911. The first-order chi connectivity index (χ1) is 16.4. The second-order valence-corrected chi connectivity index (χ2v) is 10.4. The fourth-order valence-corrected chi connectivity index (χ4v) is 6.97. The lowest BCUT2D eigenvalue weighted by molar-refractivity contribution is -0.164. The molecule has 1 N–H and O–H groups in total. The van der Waals surface area contributed by atoms with Crippen molar-refractivity contribution in [2.45, 2.75) is 88.1 Å². The van der Waals surface area contributed by atoms with Crippen LogP contribution in [0.3, 0.4) is 0 Å². The van der Waals surface area contributed by atoms with Crippen LogP contribution in [0.15, 0.2) is 24.3 Å². The molecule has 5 rings (SSSR count). The van der Waals surface area contributed by atoms with Crippen molar-refractivity contribution in [2.75, 3.05) is 19.8 Å². The molecule has 2 amide bonds. The van der Waals surface area contributed by atoms with E-state index in [2.05, 4.69) is 0 Å². The largest absolute Gasteiger partial charge is 0.465 e. The Labute approximate surface area is 200 Å². The van der Waals surface area contributed by atoms with Gasteiger partial charge in [-0.2, -0.15) is 0 Å². The molecule has 186 valence electrons. The number of hydrogen-bond donors (Lipinski definition) is 1. The standard InChI is InChI=1S/C26H36N2O6/c1-3-25-12-7-8-15-33-24(32)20(25)19-22(30)28(17(2)16-29)21-23(31)27(18-10-5-4-6-11-18)14-9-13-26(19,21)34-25/h7,9,12-13,17-21,29H,3-6,8,10-11,14-16H2,1-2H3/t17-,19+,20-,21?,25+,26+/m1/s1. The molecule has 6 atom stereocenters. The van der Waals surface area contributed by atoms with Crippen LogP contribution in [-0.2, 0) is 23.9 Å². The highest BCUT2D eigenvalue weighted by Crippen LogP contribution is 2.58. The van der Waals surface area contributed by atoms with Gasteiger partial charge in [0, 0.05) is 12.6 Å². The van der Waals surface area contributed by atoms with E-state index in [9.17, 15) is 19.5 Å². The van der Waals surface area contributed by atoms with E-state index in [-0.39, 0.29) is 31.1 Å². The minimum Gasteiger partial charge on any atom is -0.465 e. The van der Waals surface area contributed by atoms with Gasteiger partial charge in [0.15, 0.2) is 0 Å². The average Bonchev–Trinajstić information content (AvgIpc) is 3.20. The molecule has 4 aliphatic heterocycles. The molecule has 0 radical (unpaired) electrons. The molecule has 0 bridgehead atoms. The third-order valence-electron chi connectivity index (χ3n) is 8.63. The maximum absolute atomic E-state index is 14.3. The molecule has 2 saturated heterocycles. The highest BCUT2D eigenvalue weighted by molar-refractivity contribution is 5.99. The molecule has 1 aliphatic carbocycles. The predicted octanol–water partition coefficient (Wildman–Crippen LogP) is 1.96. The van der Waals surface area contributed by atoms with Gasteiger partial charge >= 0.3 is 5.97 Å². The van der Waals surface area contributed by atoms with Crippen LogP contribution in [0.2, 0.25) is 0 Å². The number of carbonyl (C=O) groups is 3. The number of likely N-dealkylation sites (tertiary alicyclic amines) is 1. The van der Waals surface area contributed by atoms with Crippen LogP contribution in [0.25, 0.3) is 0 Å². The topological polar surface area (TPSA) is 96.4 Å². The van der Waals surface area contributed by atoms with Crippen molar-refractivity contribution in [3.63, 3.8) is 0 Å². The zero-order valence-corrected chi connectivity index (χ0v) is 20.2. The fourth-order valence-electron chi connectivity index (χ4n) is 6.97. The van der Waals surface area contributed by atoms with Crippen LogP contribution in [-0.4, -0.2) is 81.8 Å². The minimum atomic E-state index is -1.28. The Morgan fingerprint density at radius 2 is 1.85 bits per heavy atom. The second kappa shape index (κ2) is 8.79. The molecule has 1 spiro atoms. The third-order valence-corrected chi connectivity index (χ3v) is 8.63. The van der Waals surface area contributed by atoms with Crippen molar-refractivity contribution >= 4 is 17.8 Å². The maximum atomic E-state index is 14.3. The lowest BCUT2D eigenvalue weighted by Gasteiger charge is -2.42. The van der Waals surface area contributed by atoms with Gasteiger partial charge in [0.2, 0.25) is 11.8 Å². The van der Waals surface area contributed by atoms with Crippen LogP contribution in [0.5, 0.6) is 0 Å². The first kappa shape index (κ1) is 23.5. The van der Waals surface area contributed by atoms with E-state index in [0.717, 1.165) is 25.7 Å². The van der Waals surface area contributed by atoms with Gasteiger partial charge in [-0.05, 0) is 32.6 Å². The first-order valence-electron chi connectivity index (χ1n) is 12.9. The van der Waals surface area contributed by atoms with Gasteiger partial charge in [0.05, 0.1) is 25.2 Å². The Balaban J connectivity index is 1.65. The number of cyclic esters (lactones) is 1. The summed E-state index contributed by atoms with van der Waals surface area (Å²) in [4.78, 5) is 45.0. The van der Waals surface area contributed by atoms with Crippen LogP contribution in [0, 0.1) is 11.8 Å². The molecule has 0 aromatic heterocycles. The summed E-state index contributed by atoms with van der Waals surface area (Å²) in [7, 11) is 0. The number of rotatable bonds is 4. The third kappa shape index (κ3) is 3.28. The highest BCUT2D eigenvalue weighted by Gasteiger charge is 2.75. The number of ether oxygens (including phenoxy) is 2. The number of nitrogens with zero attached hydrogens (tertiary/aromatic N) is 2. The summed E-state index contributed by atoms with van der Waals surface area (Å²) < 4.78 is 12.4. The van der Waals surface area contributed by atoms with Crippen LogP contribution in [0.1, 0.15) is 58.8 Å². The number of hydrogen-bond acceptors (Lipinski definition) is 6. The van der Waals surface area contributed by atoms with E-state index in [1.807, 2.05) is 36.1 Å². The number of aliphatic hydroxyl groups excluding tert-OH is 1. The number of esters is 1. The van der Waals surface area contributed by atoms with Gasteiger partial charge in [-0.3, -0.25) is 14.4 Å². The summed E-state index contributed by atoms with van der Waals surface area (Å²) in [5.74, 6) is -2.65. The van der Waals surface area contributed by atoms with E-state index in [1.54, 1.807) is 6.92 Å². The number of fused-ring (bicyclic) bond motifs is 2. The van der Waals surface area contributed by atoms with E-state index >= 15 is 0 Å². The van der Waals surface area contributed by atoms with Crippen molar-refractivity contribution in [1.29, 1.82) is 0 Å². The monoisotopic (exact) mass is 472 g/mol. The van der Waals surface area contributed by atoms with Crippen molar-refractivity contribution in [3.8, 4) is 0 Å². The minimum absolute atomic E-state index is 0.126. The van der Waals surface area contributed by atoms with Gasteiger partial charge in [0.1, 0.15) is 23.2 Å². The zero-order chi connectivity index (χ0) is 24.1. The summed E-state index contributed by atoms with van der Waals surface area (Å²) in [5.41, 5.74) is -2.30. The Kier molecular flexibility index (Phi) is 6.09. The quantitative estimate of drug-likeness (QED) is 0.496. The molecule has 1 saturated carbocycles. The SMILES string of the molecule is CC[C@]12C=CCCOC(=O)[C@H]1[C@H]1C(=O)N([C@H](C)CO)C3C(=O)N(C4CCCCC4)CC=C[C@@]31O2. The molecule has 0 aromatic rings. The fraction of sp³-hybridized carbons (Fsp3) is 0.731.